The van der Waals surface area contributed by atoms with Crippen LogP contribution in [-0.4, -0.2) is 20.5 Å². The van der Waals surface area contributed by atoms with Gasteiger partial charge in [0.1, 0.15) is 12.1 Å². The smallest absolute Gasteiger partial charge is 0.179 e. The van der Waals surface area contributed by atoms with Gasteiger partial charge in [-0.1, -0.05) is 13.8 Å². The molecule has 0 heterocycles. The number of carbonyl (C=O) groups excluding carboxylic acids is 1. The van der Waals surface area contributed by atoms with E-state index >= 15 is 0 Å². The second kappa shape index (κ2) is 4.33. The van der Waals surface area contributed by atoms with Gasteiger partial charge in [-0.2, -0.15) is 0 Å². The summed E-state index contributed by atoms with van der Waals surface area (Å²) in [6, 6.07) is 4.57. The SMILES string of the molecule is CC(C)(C=O)CS(=O)(=O)c1ccc(F)cc1. The molecule has 0 atom stereocenters. The Kier molecular flexibility index (Phi) is 3.48. The van der Waals surface area contributed by atoms with Gasteiger partial charge in [0.15, 0.2) is 9.84 Å². The van der Waals surface area contributed by atoms with E-state index in [4.69, 9.17) is 0 Å². The average Bonchev–Trinajstić information content (AvgIpc) is 2.17. The number of hydrogen-bond donors (Lipinski definition) is 0. The Hall–Kier alpha value is -1.23. The van der Waals surface area contributed by atoms with E-state index in [9.17, 15) is 17.6 Å². The van der Waals surface area contributed by atoms with Crippen molar-refractivity contribution in [3.05, 3.63) is 30.1 Å². The summed E-state index contributed by atoms with van der Waals surface area (Å²) in [5.74, 6) is -0.775. The minimum atomic E-state index is -3.54. The Morgan fingerprint density at radius 2 is 1.75 bits per heavy atom. The number of benzene rings is 1. The summed E-state index contributed by atoms with van der Waals surface area (Å²) >= 11 is 0. The molecule has 1 rings (SSSR count). The maximum absolute atomic E-state index is 12.6. The van der Waals surface area contributed by atoms with Crippen molar-refractivity contribution in [1.29, 1.82) is 0 Å². The van der Waals surface area contributed by atoms with Crippen molar-refractivity contribution < 1.29 is 17.6 Å². The fourth-order valence-electron chi connectivity index (χ4n) is 1.25. The standard InChI is InChI=1S/C11H13FO3S/c1-11(2,7-13)8-16(14,15)10-5-3-9(12)4-6-10/h3-7H,8H2,1-2H3. The van der Waals surface area contributed by atoms with E-state index in [0.717, 1.165) is 12.1 Å². The quantitative estimate of drug-likeness (QED) is 0.599. The maximum Gasteiger partial charge on any atom is 0.179 e. The van der Waals surface area contributed by atoms with Gasteiger partial charge in [-0.15, -0.1) is 0 Å². The Morgan fingerprint density at radius 1 is 1.25 bits per heavy atom. The van der Waals surface area contributed by atoms with Crippen molar-refractivity contribution >= 4 is 16.1 Å². The van der Waals surface area contributed by atoms with E-state index in [1.54, 1.807) is 13.8 Å². The molecule has 1 aromatic carbocycles. The fourth-order valence-corrected chi connectivity index (χ4v) is 3.01. The van der Waals surface area contributed by atoms with Crippen LogP contribution < -0.4 is 0 Å². The summed E-state index contributed by atoms with van der Waals surface area (Å²) < 4.78 is 36.3. The van der Waals surface area contributed by atoms with Crippen molar-refractivity contribution in [3.63, 3.8) is 0 Å². The summed E-state index contributed by atoms with van der Waals surface area (Å²) in [7, 11) is -3.54. The molecule has 3 nitrogen and oxygen atoms in total. The minimum Gasteiger partial charge on any atom is -0.303 e. The van der Waals surface area contributed by atoms with Gasteiger partial charge in [0.25, 0.3) is 0 Å². The molecule has 0 saturated heterocycles. The highest BCUT2D eigenvalue weighted by Crippen LogP contribution is 2.20. The molecule has 0 aliphatic rings. The van der Waals surface area contributed by atoms with Gasteiger partial charge in [-0.25, -0.2) is 12.8 Å². The van der Waals surface area contributed by atoms with E-state index in [0.29, 0.717) is 6.29 Å². The predicted molar refractivity (Wildman–Crippen MR) is 58.3 cm³/mol. The number of aldehydes is 1. The normalized spacial score (nSPS) is 12.4. The zero-order valence-electron chi connectivity index (χ0n) is 9.10. The molecular formula is C11H13FO3S. The average molecular weight is 244 g/mol. The lowest BCUT2D eigenvalue weighted by atomic mass is 10.00. The molecule has 88 valence electrons. The van der Waals surface area contributed by atoms with E-state index in [1.807, 2.05) is 0 Å². The summed E-state index contributed by atoms with van der Waals surface area (Å²) in [5.41, 5.74) is -0.937. The Bertz CT molecular complexity index is 474. The molecule has 0 fully saturated rings. The third kappa shape index (κ3) is 3.13. The molecule has 0 saturated carbocycles. The highest BCUT2D eigenvalue weighted by Gasteiger charge is 2.27. The minimum absolute atomic E-state index is 0.0313. The number of hydrogen-bond acceptors (Lipinski definition) is 3. The molecule has 0 aliphatic carbocycles. The van der Waals surface area contributed by atoms with Crippen molar-refractivity contribution in [2.75, 3.05) is 5.75 Å². The number of rotatable bonds is 4. The molecule has 0 N–H and O–H groups in total. The Labute approximate surface area is 94.2 Å². The predicted octanol–water partition coefficient (Wildman–Crippen LogP) is 1.82. The van der Waals surface area contributed by atoms with Gasteiger partial charge in [0.2, 0.25) is 0 Å². The third-order valence-electron chi connectivity index (χ3n) is 2.05. The summed E-state index contributed by atoms with van der Waals surface area (Å²) in [5, 5.41) is 0. The Balaban J connectivity index is 3.04. The number of sulfone groups is 1. The van der Waals surface area contributed by atoms with Crippen LogP contribution in [0.5, 0.6) is 0 Å². The first-order chi connectivity index (χ1) is 7.27. The zero-order valence-corrected chi connectivity index (χ0v) is 9.92. The van der Waals surface area contributed by atoms with E-state index in [2.05, 4.69) is 0 Å². The van der Waals surface area contributed by atoms with Crippen LogP contribution in [0, 0.1) is 11.2 Å². The lowest BCUT2D eigenvalue weighted by Gasteiger charge is -2.16. The van der Waals surface area contributed by atoms with Gasteiger partial charge >= 0.3 is 0 Å². The molecular weight excluding hydrogens is 231 g/mol. The molecule has 0 aromatic heterocycles. The largest absolute Gasteiger partial charge is 0.303 e. The first kappa shape index (κ1) is 12.8. The van der Waals surface area contributed by atoms with E-state index in [1.165, 1.54) is 12.1 Å². The van der Waals surface area contributed by atoms with Crippen LogP contribution in [0.25, 0.3) is 0 Å². The van der Waals surface area contributed by atoms with Crippen LogP contribution in [-0.2, 0) is 14.6 Å². The summed E-state index contributed by atoms with van der Waals surface area (Å²) in [6.07, 6.45) is 0.605. The molecule has 0 bridgehead atoms. The van der Waals surface area contributed by atoms with Gasteiger partial charge in [0, 0.05) is 5.41 Å². The molecule has 0 radical (unpaired) electrons. The first-order valence-corrected chi connectivity index (χ1v) is 6.37. The number of carbonyl (C=O) groups is 1. The monoisotopic (exact) mass is 244 g/mol. The molecule has 16 heavy (non-hydrogen) atoms. The van der Waals surface area contributed by atoms with Crippen LogP contribution in [0.1, 0.15) is 13.8 Å². The van der Waals surface area contributed by atoms with Crippen molar-refractivity contribution in [1.82, 2.24) is 0 Å². The lowest BCUT2D eigenvalue weighted by Crippen LogP contribution is -2.25. The van der Waals surface area contributed by atoms with Gasteiger partial charge in [-0.05, 0) is 24.3 Å². The van der Waals surface area contributed by atoms with Gasteiger partial charge in [-0.3, -0.25) is 0 Å². The highest BCUT2D eigenvalue weighted by molar-refractivity contribution is 7.91. The zero-order chi connectivity index (χ0) is 12.4. The second-order valence-electron chi connectivity index (χ2n) is 4.32. The maximum atomic E-state index is 12.6. The fraction of sp³-hybridized carbons (Fsp3) is 0.364. The van der Waals surface area contributed by atoms with Gasteiger partial charge in [0.05, 0.1) is 10.6 Å². The van der Waals surface area contributed by atoms with Crippen LogP contribution in [0.15, 0.2) is 29.2 Å². The highest BCUT2D eigenvalue weighted by atomic mass is 32.2. The lowest BCUT2D eigenvalue weighted by molar-refractivity contribution is -0.113. The van der Waals surface area contributed by atoms with Crippen molar-refractivity contribution in [2.24, 2.45) is 5.41 Å². The first-order valence-electron chi connectivity index (χ1n) is 4.71. The summed E-state index contributed by atoms with van der Waals surface area (Å²) in [4.78, 5) is 10.7. The van der Waals surface area contributed by atoms with Crippen LogP contribution >= 0.6 is 0 Å². The van der Waals surface area contributed by atoms with Crippen molar-refractivity contribution in [2.45, 2.75) is 18.7 Å². The van der Waals surface area contributed by atoms with E-state index < -0.39 is 21.1 Å². The van der Waals surface area contributed by atoms with E-state index in [-0.39, 0.29) is 10.6 Å². The molecule has 5 heteroatoms. The molecule has 0 spiro atoms. The topological polar surface area (TPSA) is 51.2 Å². The molecule has 1 aromatic rings. The van der Waals surface area contributed by atoms with Crippen LogP contribution in [0.4, 0.5) is 4.39 Å². The molecule has 0 amide bonds. The second-order valence-corrected chi connectivity index (χ2v) is 6.31. The number of halogens is 1. The van der Waals surface area contributed by atoms with Crippen LogP contribution in [0.3, 0.4) is 0 Å². The summed E-state index contributed by atoms with van der Waals surface area (Å²) in [6.45, 7) is 3.09. The molecule has 0 unspecified atom stereocenters. The van der Waals surface area contributed by atoms with Crippen LogP contribution in [0.2, 0.25) is 0 Å². The Morgan fingerprint density at radius 3 is 2.19 bits per heavy atom. The third-order valence-corrected chi connectivity index (χ3v) is 4.17. The molecule has 0 aliphatic heterocycles. The van der Waals surface area contributed by atoms with Crippen molar-refractivity contribution in [3.8, 4) is 0 Å². The van der Waals surface area contributed by atoms with Gasteiger partial charge < -0.3 is 4.79 Å².